The van der Waals surface area contributed by atoms with Crippen molar-refractivity contribution in [3.8, 4) is 0 Å². The number of aryl methyl sites for hydroxylation is 1. The zero-order valence-electron chi connectivity index (χ0n) is 12.6. The Labute approximate surface area is 131 Å². The number of hydrogen-bond acceptors (Lipinski definition) is 2. The molecule has 1 unspecified atom stereocenters. The van der Waals surface area contributed by atoms with Gasteiger partial charge in [-0.25, -0.2) is 4.39 Å². The number of nitrogens with one attached hydrogen (secondary N) is 1. The second-order valence-electron chi connectivity index (χ2n) is 5.16. The molecule has 0 fully saturated rings. The van der Waals surface area contributed by atoms with Crippen LogP contribution in [0, 0.1) is 12.7 Å². The van der Waals surface area contributed by atoms with Crippen LogP contribution >= 0.6 is 11.8 Å². The van der Waals surface area contributed by atoms with Gasteiger partial charge in [-0.05, 0) is 38.1 Å². The second kappa shape index (κ2) is 8.20. The van der Waals surface area contributed by atoms with Gasteiger partial charge >= 0.3 is 0 Å². The maximum atomic E-state index is 14.0. The van der Waals surface area contributed by atoms with E-state index in [4.69, 9.17) is 0 Å². The maximum absolute atomic E-state index is 14.0. The lowest BCUT2D eigenvalue weighted by Gasteiger charge is -2.19. The fraction of sp³-hybridized carbons (Fsp3) is 0.333. The van der Waals surface area contributed by atoms with Gasteiger partial charge in [0.15, 0.2) is 0 Å². The monoisotopic (exact) mass is 303 g/mol. The van der Waals surface area contributed by atoms with Crippen LogP contribution in [-0.2, 0) is 0 Å². The van der Waals surface area contributed by atoms with Crippen molar-refractivity contribution in [3.05, 3.63) is 65.5 Å². The van der Waals surface area contributed by atoms with Gasteiger partial charge in [-0.15, -0.1) is 11.8 Å². The van der Waals surface area contributed by atoms with Gasteiger partial charge in [0.25, 0.3) is 0 Å². The predicted octanol–water partition coefficient (Wildman–Crippen LogP) is 4.97. The highest BCUT2D eigenvalue weighted by Crippen LogP contribution is 2.26. The minimum atomic E-state index is -0.129. The van der Waals surface area contributed by atoms with E-state index in [9.17, 15) is 4.39 Å². The minimum absolute atomic E-state index is 0.0386. The van der Waals surface area contributed by atoms with Crippen molar-refractivity contribution in [2.75, 3.05) is 12.3 Å². The molecule has 2 rings (SSSR count). The Morgan fingerprint density at radius 1 is 1.14 bits per heavy atom. The SMILES string of the molecule is CCCNC(CSc1cccc(C)c1)c1ccccc1F. The third-order valence-corrected chi connectivity index (χ3v) is 4.41. The highest BCUT2D eigenvalue weighted by Gasteiger charge is 2.15. The predicted molar refractivity (Wildman–Crippen MR) is 89.3 cm³/mol. The molecule has 3 heteroatoms. The van der Waals surface area contributed by atoms with Crippen molar-refractivity contribution >= 4 is 11.8 Å². The van der Waals surface area contributed by atoms with Gasteiger partial charge in [-0.2, -0.15) is 0 Å². The van der Waals surface area contributed by atoms with Crippen LogP contribution in [0.3, 0.4) is 0 Å². The largest absolute Gasteiger partial charge is 0.309 e. The summed E-state index contributed by atoms with van der Waals surface area (Å²) in [7, 11) is 0. The van der Waals surface area contributed by atoms with Crippen LogP contribution < -0.4 is 5.32 Å². The van der Waals surface area contributed by atoms with Crippen LogP contribution in [0.4, 0.5) is 4.39 Å². The Balaban J connectivity index is 2.08. The van der Waals surface area contributed by atoms with Gasteiger partial charge < -0.3 is 5.32 Å². The number of thioether (sulfide) groups is 1. The maximum Gasteiger partial charge on any atom is 0.128 e. The summed E-state index contributed by atoms with van der Waals surface area (Å²) in [5, 5.41) is 3.45. The van der Waals surface area contributed by atoms with Crippen molar-refractivity contribution in [1.82, 2.24) is 5.32 Å². The summed E-state index contributed by atoms with van der Waals surface area (Å²) >= 11 is 1.77. The molecular formula is C18H22FNS. The molecule has 1 N–H and O–H groups in total. The first-order valence-electron chi connectivity index (χ1n) is 7.38. The van der Waals surface area contributed by atoms with E-state index in [-0.39, 0.29) is 11.9 Å². The van der Waals surface area contributed by atoms with Crippen LogP contribution in [0.2, 0.25) is 0 Å². The number of benzene rings is 2. The Morgan fingerprint density at radius 2 is 1.95 bits per heavy atom. The first kappa shape index (κ1) is 16.1. The van der Waals surface area contributed by atoms with Crippen LogP contribution in [0.5, 0.6) is 0 Å². The molecule has 0 aliphatic carbocycles. The summed E-state index contributed by atoms with van der Waals surface area (Å²) in [6, 6.07) is 15.5. The lowest BCUT2D eigenvalue weighted by molar-refractivity contribution is 0.532. The molecule has 0 aliphatic heterocycles. The van der Waals surface area contributed by atoms with Crippen LogP contribution in [-0.4, -0.2) is 12.3 Å². The number of hydrogen-bond donors (Lipinski definition) is 1. The van der Waals surface area contributed by atoms with E-state index in [0.29, 0.717) is 0 Å². The first-order chi connectivity index (χ1) is 10.2. The van der Waals surface area contributed by atoms with Crippen LogP contribution in [0.1, 0.15) is 30.5 Å². The third-order valence-electron chi connectivity index (χ3n) is 3.33. The van der Waals surface area contributed by atoms with E-state index in [1.165, 1.54) is 16.5 Å². The molecule has 0 aromatic heterocycles. The summed E-state index contributed by atoms with van der Waals surface area (Å²) in [5.41, 5.74) is 2.01. The summed E-state index contributed by atoms with van der Waals surface area (Å²) in [5.74, 6) is 0.695. The molecule has 1 nitrogen and oxygen atoms in total. The van der Waals surface area contributed by atoms with Crippen LogP contribution in [0.25, 0.3) is 0 Å². The number of rotatable bonds is 7. The smallest absolute Gasteiger partial charge is 0.128 e. The Hall–Kier alpha value is -1.32. The van der Waals surface area contributed by atoms with Gasteiger partial charge in [-0.1, -0.05) is 42.8 Å². The molecule has 112 valence electrons. The Bertz CT molecular complexity index is 571. The average molecular weight is 303 g/mol. The summed E-state index contributed by atoms with van der Waals surface area (Å²) in [4.78, 5) is 1.23. The molecule has 0 bridgehead atoms. The Morgan fingerprint density at radius 3 is 2.67 bits per heavy atom. The molecule has 0 aliphatic rings. The molecule has 0 saturated heterocycles. The minimum Gasteiger partial charge on any atom is -0.309 e. The average Bonchev–Trinajstić information content (AvgIpc) is 2.48. The van der Waals surface area contributed by atoms with Crippen molar-refractivity contribution in [2.24, 2.45) is 0 Å². The quantitative estimate of drug-likeness (QED) is 0.725. The third kappa shape index (κ3) is 4.87. The zero-order valence-corrected chi connectivity index (χ0v) is 13.4. The fourth-order valence-corrected chi connectivity index (χ4v) is 3.32. The highest BCUT2D eigenvalue weighted by molar-refractivity contribution is 7.99. The number of halogens is 1. The van der Waals surface area contributed by atoms with E-state index in [2.05, 4.69) is 43.4 Å². The molecule has 21 heavy (non-hydrogen) atoms. The first-order valence-corrected chi connectivity index (χ1v) is 8.36. The van der Waals surface area contributed by atoms with Gasteiger partial charge in [-0.3, -0.25) is 0 Å². The normalized spacial score (nSPS) is 12.3. The van der Waals surface area contributed by atoms with E-state index in [0.717, 1.165) is 24.3 Å². The lowest BCUT2D eigenvalue weighted by Crippen LogP contribution is -2.25. The molecule has 0 amide bonds. The van der Waals surface area contributed by atoms with Gasteiger partial charge in [0.2, 0.25) is 0 Å². The van der Waals surface area contributed by atoms with E-state index < -0.39 is 0 Å². The second-order valence-corrected chi connectivity index (χ2v) is 6.25. The molecule has 2 aromatic carbocycles. The molecular weight excluding hydrogens is 281 g/mol. The molecule has 2 aromatic rings. The van der Waals surface area contributed by atoms with E-state index in [1.54, 1.807) is 17.8 Å². The molecule has 0 radical (unpaired) electrons. The molecule has 0 saturated carbocycles. The summed E-state index contributed by atoms with van der Waals surface area (Å²) in [6.07, 6.45) is 1.04. The van der Waals surface area contributed by atoms with Crippen molar-refractivity contribution in [1.29, 1.82) is 0 Å². The molecule has 0 heterocycles. The van der Waals surface area contributed by atoms with Gasteiger partial charge in [0, 0.05) is 22.3 Å². The molecule has 0 spiro atoms. The van der Waals surface area contributed by atoms with Gasteiger partial charge in [0.1, 0.15) is 5.82 Å². The van der Waals surface area contributed by atoms with Crippen molar-refractivity contribution < 1.29 is 4.39 Å². The van der Waals surface area contributed by atoms with Crippen LogP contribution in [0.15, 0.2) is 53.4 Å². The fourth-order valence-electron chi connectivity index (χ4n) is 2.22. The molecule has 1 atom stereocenters. The zero-order chi connectivity index (χ0) is 15.1. The van der Waals surface area contributed by atoms with E-state index >= 15 is 0 Å². The highest BCUT2D eigenvalue weighted by atomic mass is 32.2. The summed E-state index contributed by atoms with van der Waals surface area (Å²) in [6.45, 7) is 5.11. The van der Waals surface area contributed by atoms with Gasteiger partial charge in [0.05, 0.1) is 0 Å². The summed E-state index contributed by atoms with van der Waals surface area (Å²) < 4.78 is 14.0. The Kier molecular flexibility index (Phi) is 6.27. The topological polar surface area (TPSA) is 12.0 Å². The van der Waals surface area contributed by atoms with Crippen molar-refractivity contribution in [3.63, 3.8) is 0 Å². The standard InChI is InChI=1S/C18H22FNS/c1-3-11-20-18(16-9-4-5-10-17(16)19)13-21-15-8-6-7-14(2)12-15/h4-10,12,18,20H,3,11,13H2,1-2H3. The van der Waals surface area contributed by atoms with Crippen molar-refractivity contribution in [2.45, 2.75) is 31.2 Å². The van der Waals surface area contributed by atoms with E-state index in [1.807, 2.05) is 12.1 Å². The lowest BCUT2D eigenvalue weighted by atomic mass is 10.1.